The SMILES string of the molecule is CCCCOc1ccc(CCNC(=O)c2cc(S(N)(=O)=O)ccc2C)cc1. The average Bonchev–Trinajstić information content (AvgIpc) is 2.62. The number of sulfonamides is 1. The van der Waals surface area contributed by atoms with Crippen LogP contribution in [0.4, 0.5) is 0 Å². The Labute approximate surface area is 160 Å². The van der Waals surface area contributed by atoms with E-state index >= 15 is 0 Å². The lowest BCUT2D eigenvalue weighted by Crippen LogP contribution is -2.27. The molecule has 2 rings (SSSR count). The van der Waals surface area contributed by atoms with Gasteiger partial charge in [-0.25, -0.2) is 13.6 Å². The molecule has 0 radical (unpaired) electrons. The molecule has 0 fully saturated rings. The summed E-state index contributed by atoms with van der Waals surface area (Å²) in [5.41, 5.74) is 2.07. The van der Waals surface area contributed by atoms with Gasteiger partial charge in [0, 0.05) is 12.1 Å². The highest BCUT2D eigenvalue weighted by Crippen LogP contribution is 2.15. The molecular formula is C20H26N2O4S. The first-order valence-corrected chi connectivity index (χ1v) is 10.5. The average molecular weight is 391 g/mol. The molecule has 2 aromatic rings. The van der Waals surface area contributed by atoms with Crippen LogP contribution in [0.15, 0.2) is 47.4 Å². The van der Waals surface area contributed by atoms with E-state index in [1.165, 1.54) is 12.1 Å². The largest absolute Gasteiger partial charge is 0.494 e. The Balaban J connectivity index is 1.91. The molecular weight excluding hydrogens is 364 g/mol. The van der Waals surface area contributed by atoms with Gasteiger partial charge in [0.25, 0.3) is 5.91 Å². The predicted octanol–water partition coefficient (Wildman–Crippen LogP) is 2.79. The van der Waals surface area contributed by atoms with Crippen LogP contribution < -0.4 is 15.2 Å². The zero-order valence-corrected chi connectivity index (χ0v) is 16.5. The summed E-state index contributed by atoms with van der Waals surface area (Å²) in [7, 11) is -3.84. The molecule has 0 aliphatic carbocycles. The molecule has 3 N–H and O–H groups in total. The number of ether oxygens (including phenoxy) is 1. The van der Waals surface area contributed by atoms with Gasteiger partial charge >= 0.3 is 0 Å². The standard InChI is InChI=1S/C20H26N2O4S/c1-3-4-13-26-17-8-6-16(7-9-17)11-12-22-20(23)19-14-18(27(21,24)25)10-5-15(19)2/h5-10,14H,3-4,11-13H2,1-2H3,(H,22,23)(H2,21,24,25). The van der Waals surface area contributed by atoms with Crippen molar-refractivity contribution in [3.8, 4) is 5.75 Å². The predicted molar refractivity (Wildman–Crippen MR) is 105 cm³/mol. The summed E-state index contributed by atoms with van der Waals surface area (Å²) >= 11 is 0. The van der Waals surface area contributed by atoms with E-state index in [0.717, 1.165) is 24.2 Å². The minimum absolute atomic E-state index is 0.0723. The van der Waals surface area contributed by atoms with E-state index in [1.807, 2.05) is 24.3 Å². The number of carbonyl (C=O) groups is 1. The molecule has 0 heterocycles. The van der Waals surface area contributed by atoms with Gasteiger partial charge in [0.1, 0.15) is 5.75 Å². The van der Waals surface area contributed by atoms with Gasteiger partial charge < -0.3 is 10.1 Å². The Morgan fingerprint density at radius 3 is 2.48 bits per heavy atom. The molecule has 0 bridgehead atoms. The molecule has 0 spiro atoms. The Morgan fingerprint density at radius 2 is 1.85 bits per heavy atom. The van der Waals surface area contributed by atoms with Gasteiger partial charge in [0.15, 0.2) is 0 Å². The molecule has 6 nitrogen and oxygen atoms in total. The highest BCUT2D eigenvalue weighted by Gasteiger charge is 2.14. The normalized spacial score (nSPS) is 11.2. The molecule has 0 unspecified atom stereocenters. The molecule has 2 aromatic carbocycles. The second-order valence-corrected chi connectivity index (χ2v) is 7.94. The number of carbonyl (C=O) groups excluding carboxylic acids is 1. The highest BCUT2D eigenvalue weighted by atomic mass is 32.2. The van der Waals surface area contributed by atoms with E-state index < -0.39 is 10.0 Å². The number of unbranched alkanes of at least 4 members (excludes halogenated alkanes) is 1. The summed E-state index contributed by atoms with van der Waals surface area (Å²) < 4.78 is 28.6. The van der Waals surface area contributed by atoms with Gasteiger partial charge in [-0.3, -0.25) is 4.79 Å². The van der Waals surface area contributed by atoms with Crippen molar-refractivity contribution in [2.75, 3.05) is 13.2 Å². The quantitative estimate of drug-likeness (QED) is 0.643. The molecule has 0 aromatic heterocycles. The minimum atomic E-state index is -3.84. The first-order valence-electron chi connectivity index (χ1n) is 8.94. The Kier molecular flexibility index (Phi) is 7.38. The number of nitrogens with two attached hydrogens (primary N) is 1. The smallest absolute Gasteiger partial charge is 0.251 e. The molecule has 0 saturated heterocycles. The summed E-state index contributed by atoms with van der Waals surface area (Å²) in [6.07, 6.45) is 2.78. The van der Waals surface area contributed by atoms with Crippen molar-refractivity contribution >= 4 is 15.9 Å². The van der Waals surface area contributed by atoms with E-state index in [0.29, 0.717) is 30.7 Å². The Morgan fingerprint density at radius 1 is 1.15 bits per heavy atom. The van der Waals surface area contributed by atoms with Crippen molar-refractivity contribution in [3.63, 3.8) is 0 Å². The number of rotatable bonds is 9. The third kappa shape index (κ3) is 6.37. The fraction of sp³-hybridized carbons (Fsp3) is 0.350. The van der Waals surface area contributed by atoms with Crippen molar-refractivity contribution in [1.29, 1.82) is 0 Å². The number of aryl methyl sites for hydroxylation is 1. The second kappa shape index (κ2) is 9.53. The lowest BCUT2D eigenvalue weighted by molar-refractivity contribution is 0.0953. The molecule has 0 atom stereocenters. The van der Waals surface area contributed by atoms with Gasteiger partial charge in [-0.1, -0.05) is 31.5 Å². The summed E-state index contributed by atoms with van der Waals surface area (Å²) in [6, 6.07) is 12.1. The maximum atomic E-state index is 12.4. The van der Waals surface area contributed by atoms with Crippen LogP contribution in [0.25, 0.3) is 0 Å². The fourth-order valence-electron chi connectivity index (χ4n) is 2.53. The van der Waals surface area contributed by atoms with Crippen LogP contribution in [0.3, 0.4) is 0 Å². The number of primary sulfonamides is 1. The molecule has 0 aliphatic rings. The molecule has 0 saturated carbocycles. The summed E-state index contributed by atoms with van der Waals surface area (Å²) in [5, 5.41) is 7.95. The van der Waals surface area contributed by atoms with E-state index in [9.17, 15) is 13.2 Å². The molecule has 0 aliphatic heterocycles. The molecule has 146 valence electrons. The van der Waals surface area contributed by atoms with E-state index in [-0.39, 0.29) is 10.8 Å². The minimum Gasteiger partial charge on any atom is -0.494 e. The van der Waals surface area contributed by atoms with Crippen molar-refractivity contribution in [2.24, 2.45) is 5.14 Å². The summed E-state index contributed by atoms with van der Waals surface area (Å²) in [5.74, 6) is 0.518. The number of hydrogen-bond acceptors (Lipinski definition) is 4. The third-order valence-electron chi connectivity index (χ3n) is 4.17. The first-order chi connectivity index (χ1) is 12.8. The maximum absolute atomic E-state index is 12.4. The van der Waals surface area contributed by atoms with Crippen LogP contribution in [-0.2, 0) is 16.4 Å². The van der Waals surface area contributed by atoms with Crippen molar-refractivity contribution in [3.05, 3.63) is 59.2 Å². The van der Waals surface area contributed by atoms with Gasteiger partial charge in [-0.2, -0.15) is 0 Å². The topological polar surface area (TPSA) is 98.5 Å². The van der Waals surface area contributed by atoms with E-state index in [1.54, 1.807) is 13.0 Å². The maximum Gasteiger partial charge on any atom is 0.251 e. The van der Waals surface area contributed by atoms with Crippen LogP contribution in [0.1, 0.15) is 41.3 Å². The highest BCUT2D eigenvalue weighted by molar-refractivity contribution is 7.89. The van der Waals surface area contributed by atoms with Crippen molar-refractivity contribution in [2.45, 2.75) is 38.0 Å². The van der Waals surface area contributed by atoms with Gasteiger partial charge in [-0.15, -0.1) is 0 Å². The first kappa shape index (κ1) is 20.9. The molecule has 1 amide bonds. The van der Waals surface area contributed by atoms with Crippen LogP contribution in [0.5, 0.6) is 5.75 Å². The van der Waals surface area contributed by atoms with Gasteiger partial charge in [0.2, 0.25) is 10.0 Å². The van der Waals surface area contributed by atoms with Crippen LogP contribution >= 0.6 is 0 Å². The monoisotopic (exact) mass is 390 g/mol. The van der Waals surface area contributed by atoms with Gasteiger partial charge in [0.05, 0.1) is 11.5 Å². The number of nitrogens with one attached hydrogen (secondary N) is 1. The summed E-state index contributed by atoms with van der Waals surface area (Å²) in [4.78, 5) is 12.3. The summed E-state index contributed by atoms with van der Waals surface area (Å²) in [6.45, 7) is 5.02. The second-order valence-electron chi connectivity index (χ2n) is 6.37. The number of benzene rings is 2. The van der Waals surface area contributed by atoms with E-state index in [4.69, 9.17) is 9.88 Å². The fourth-order valence-corrected chi connectivity index (χ4v) is 3.06. The number of amides is 1. The number of hydrogen-bond donors (Lipinski definition) is 2. The lowest BCUT2D eigenvalue weighted by Gasteiger charge is -2.10. The van der Waals surface area contributed by atoms with Crippen LogP contribution in [-0.4, -0.2) is 27.5 Å². The zero-order valence-electron chi connectivity index (χ0n) is 15.7. The van der Waals surface area contributed by atoms with E-state index in [2.05, 4.69) is 12.2 Å². The third-order valence-corrected chi connectivity index (χ3v) is 5.08. The van der Waals surface area contributed by atoms with Crippen LogP contribution in [0, 0.1) is 6.92 Å². The zero-order chi connectivity index (χ0) is 19.9. The van der Waals surface area contributed by atoms with Crippen molar-refractivity contribution < 1.29 is 17.9 Å². The Bertz CT molecular complexity index is 877. The van der Waals surface area contributed by atoms with Crippen LogP contribution in [0.2, 0.25) is 0 Å². The Hall–Kier alpha value is -2.38. The van der Waals surface area contributed by atoms with Gasteiger partial charge in [-0.05, 0) is 55.2 Å². The molecule has 7 heteroatoms. The van der Waals surface area contributed by atoms with Crippen molar-refractivity contribution in [1.82, 2.24) is 5.32 Å². The molecule has 27 heavy (non-hydrogen) atoms. The lowest BCUT2D eigenvalue weighted by atomic mass is 10.1.